The van der Waals surface area contributed by atoms with E-state index in [1.165, 1.54) is 50.6 Å². The number of rotatable bonds is 4. The van der Waals surface area contributed by atoms with E-state index in [0.29, 0.717) is 17.1 Å². The average molecular weight is 476 g/mol. The highest BCUT2D eigenvalue weighted by Gasteiger charge is 2.34. The van der Waals surface area contributed by atoms with E-state index < -0.39 is 22.8 Å². The number of methoxy groups -OCH3 is 2. The molecule has 0 amide bonds. The van der Waals surface area contributed by atoms with Crippen LogP contribution in [0.3, 0.4) is 0 Å². The second-order valence-corrected chi connectivity index (χ2v) is 7.60. The summed E-state index contributed by atoms with van der Waals surface area (Å²) in [5.41, 5.74) is -1.56. The molecule has 0 radical (unpaired) electrons. The lowest BCUT2D eigenvalue weighted by molar-refractivity contribution is -0.136. The molecule has 0 aliphatic heterocycles. The Labute approximate surface area is 191 Å². The van der Waals surface area contributed by atoms with Crippen molar-refractivity contribution in [2.24, 2.45) is 0 Å². The first-order valence-electron chi connectivity index (χ1n) is 9.63. The Balaban J connectivity index is 2.19. The zero-order chi connectivity index (χ0) is 23.9. The van der Waals surface area contributed by atoms with Gasteiger partial charge in [-0.2, -0.15) is 13.2 Å². The fourth-order valence-corrected chi connectivity index (χ4v) is 3.98. The van der Waals surface area contributed by atoms with E-state index in [0.717, 1.165) is 6.07 Å². The topological polar surface area (TPSA) is 71.5 Å². The van der Waals surface area contributed by atoms with E-state index in [1.54, 1.807) is 12.1 Å². The van der Waals surface area contributed by atoms with Crippen LogP contribution >= 0.6 is 11.6 Å². The summed E-state index contributed by atoms with van der Waals surface area (Å²) < 4.78 is 51.7. The molecule has 0 unspecified atom stereocenters. The van der Waals surface area contributed by atoms with Crippen LogP contribution in [0.2, 0.25) is 5.02 Å². The minimum Gasteiger partial charge on any atom is -0.507 e. The van der Waals surface area contributed by atoms with Gasteiger partial charge in [-0.25, -0.2) is 0 Å². The maximum Gasteiger partial charge on any atom is 0.418 e. The van der Waals surface area contributed by atoms with Crippen LogP contribution in [0.4, 0.5) is 13.2 Å². The highest BCUT2D eigenvalue weighted by Crippen LogP contribution is 2.44. The van der Waals surface area contributed by atoms with E-state index >= 15 is 0 Å². The first-order valence-corrected chi connectivity index (χ1v) is 10.0. The highest BCUT2D eigenvalue weighted by atomic mass is 35.5. The molecule has 33 heavy (non-hydrogen) atoms. The predicted molar refractivity (Wildman–Crippen MR) is 120 cm³/mol. The Kier molecular flexibility index (Phi) is 5.71. The SMILES string of the molecule is COc1ccc(-c2c(-c3cc(Cl)ccc3O)c3cccc(C(F)(F)F)c3[nH]c2=O)cc1OC. The molecule has 1 heterocycles. The number of halogens is 4. The lowest BCUT2D eigenvalue weighted by atomic mass is 9.90. The number of aromatic nitrogens is 1. The fraction of sp³-hybridized carbons (Fsp3) is 0.125. The molecular weight excluding hydrogens is 459 g/mol. The summed E-state index contributed by atoms with van der Waals surface area (Å²) in [6.07, 6.45) is -4.71. The zero-order valence-corrected chi connectivity index (χ0v) is 18.1. The Morgan fingerprint density at radius 1 is 0.939 bits per heavy atom. The second-order valence-electron chi connectivity index (χ2n) is 7.16. The second kappa shape index (κ2) is 8.37. The summed E-state index contributed by atoms with van der Waals surface area (Å²) >= 11 is 6.13. The van der Waals surface area contributed by atoms with Crippen molar-refractivity contribution in [1.29, 1.82) is 0 Å². The van der Waals surface area contributed by atoms with Gasteiger partial charge in [-0.1, -0.05) is 29.8 Å². The van der Waals surface area contributed by atoms with Crippen molar-refractivity contribution < 1.29 is 27.8 Å². The molecule has 0 spiro atoms. The van der Waals surface area contributed by atoms with Gasteiger partial charge in [-0.05, 0) is 42.0 Å². The average Bonchev–Trinajstić information content (AvgIpc) is 2.78. The van der Waals surface area contributed by atoms with Crippen LogP contribution < -0.4 is 15.0 Å². The number of ether oxygens (including phenoxy) is 2. The molecule has 170 valence electrons. The van der Waals surface area contributed by atoms with Gasteiger partial charge in [0.15, 0.2) is 11.5 Å². The molecule has 0 saturated carbocycles. The van der Waals surface area contributed by atoms with Crippen LogP contribution in [0.5, 0.6) is 17.2 Å². The molecule has 0 saturated heterocycles. The lowest BCUT2D eigenvalue weighted by Crippen LogP contribution is -2.15. The van der Waals surface area contributed by atoms with E-state index in [4.69, 9.17) is 21.1 Å². The van der Waals surface area contributed by atoms with Crippen LogP contribution in [0, 0.1) is 0 Å². The summed E-state index contributed by atoms with van der Waals surface area (Å²) in [6, 6.07) is 12.4. The van der Waals surface area contributed by atoms with Crippen molar-refractivity contribution >= 4 is 22.5 Å². The molecule has 1 aromatic heterocycles. The number of benzene rings is 3. The third-order valence-corrected chi connectivity index (χ3v) is 5.49. The maximum atomic E-state index is 13.7. The molecule has 4 rings (SSSR count). The molecule has 0 aliphatic carbocycles. The van der Waals surface area contributed by atoms with Gasteiger partial charge in [0.1, 0.15) is 5.75 Å². The number of fused-ring (bicyclic) bond motifs is 1. The van der Waals surface area contributed by atoms with Gasteiger partial charge in [-0.15, -0.1) is 0 Å². The van der Waals surface area contributed by atoms with Crippen LogP contribution in [0.15, 0.2) is 59.4 Å². The minimum atomic E-state index is -4.71. The number of phenolic OH excluding ortho intramolecular Hbond substituents is 1. The van der Waals surface area contributed by atoms with E-state index in [-0.39, 0.29) is 32.8 Å². The number of alkyl halides is 3. The van der Waals surface area contributed by atoms with Gasteiger partial charge >= 0.3 is 6.18 Å². The maximum absolute atomic E-state index is 13.7. The largest absolute Gasteiger partial charge is 0.507 e. The molecule has 9 heteroatoms. The summed E-state index contributed by atoms with van der Waals surface area (Å²) in [5.74, 6) is 0.482. The number of pyridine rings is 1. The predicted octanol–water partition coefficient (Wildman–Crippen LogP) is 6.26. The molecule has 0 fully saturated rings. The van der Waals surface area contributed by atoms with Crippen LogP contribution in [-0.4, -0.2) is 24.3 Å². The molecular formula is C24H17ClF3NO4. The number of nitrogens with one attached hydrogen (secondary N) is 1. The highest BCUT2D eigenvalue weighted by molar-refractivity contribution is 6.31. The monoisotopic (exact) mass is 475 g/mol. The molecule has 3 aromatic carbocycles. The molecule has 0 aliphatic rings. The van der Waals surface area contributed by atoms with Gasteiger partial charge in [0, 0.05) is 21.5 Å². The van der Waals surface area contributed by atoms with Crippen molar-refractivity contribution in [3.8, 4) is 39.5 Å². The zero-order valence-electron chi connectivity index (χ0n) is 17.4. The van der Waals surface area contributed by atoms with Crippen molar-refractivity contribution in [1.82, 2.24) is 4.98 Å². The van der Waals surface area contributed by atoms with Gasteiger partial charge in [-0.3, -0.25) is 4.79 Å². The number of aromatic hydroxyl groups is 1. The number of aromatic amines is 1. The third kappa shape index (κ3) is 3.98. The smallest absolute Gasteiger partial charge is 0.418 e. The van der Waals surface area contributed by atoms with Crippen LogP contribution in [-0.2, 0) is 6.18 Å². The van der Waals surface area contributed by atoms with Gasteiger partial charge in [0.25, 0.3) is 5.56 Å². The Morgan fingerprint density at radius 3 is 2.33 bits per heavy atom. The van der Waals surface area contributed by atoms with E-state index in [1.807, 2.05) is 0 Å². The van der Waals surface area contributed by atoms with Gasteiger partial charge in [0.05, 0.1) is 30.9 Å². The number of para-hydroxylation sites is 1. The van der Waals surface area contributed by atoms with Crippen LogP contribution in [0.25, 0.3) is 33.2 Å². The number of hydrogen-bond acceptors (Lipinski definition) is 4. The summed E-state index contributed by atoms with van der Waals surface area (Å²) in [5, 5.41) is 10.9. The Morgan fingerprint density at radius 2 is 1.67 bits per heavy atom. The van der Waals surface area contributed by atoms with Crippen molar-refractivity contribution in [3.05, 3.63) is 75.5 Å². The van der Waals surface area contributed by atoms with Gasteiger partial charge in [0.2, 0.25) is 0 Å². The third-order valence-electron chi connectivity index (χ3n) is 5.25. The quantitative estimate of drug-likeness (QED) is 0.365. The lowest BCUT2D eigenvalue weighted by Gasteiger charge is -2.18. The molecule has 5 nitrogen and oxygen atoms in total. The first-order chi connectivity index (χ1) is 15.7. The molecule has 0 bridgehead atoms. The Bertz CT molecular complexity index is 1430. The van der Waals surface area contributed by atoms with E-state index in [2.05, 4.69) is 4.98 Å². The minimum absolute atomic E-state index is 0.0420. The van der Waals surface area contributed by atoms with Crippen molar-refractivity contribution in [3.63, 3.8) is 0 Å². The number of hydrogen-bond donors (Lipinski definition) is 2. The van der Waals surface area contributed by atoms with Crippen LogP contribution in [0.1, 0.15) is 5.56 Å². The first kappa shape index (κ1) is 22.5. The normalized spacial score (nSPS) is 11.6. The molecule has 0 atom stereocenters. The number of phenols is 1. The molecule has 2 N–H and O–H groups in total. The number of H-pyrrole nitrogens is 1. The summed E-state index contributed by atoms with van der Waals surface area (Å²) in [7, 11) is 2.88. The fourth-order valence-electron chi connectivity index (χ4n) is 3.81. The summed E-state index contributed by atoms with van der Waals surface area (Å²) in [4.78, 5) is 15.6. The molecule has 4 aromatic rings. The Hall–Kier alpha value is -3.65. The standard InChI is InChI=1S/C24H17ClF3NO4/c1-32-18-9-6-12(10-19(18)33-2)20-21(15-11-13(25)7-8-17(15)30)14-4-3-5-16(24(26,27)28)22(14)29-23(20)31/h3-11,30H,1-2H3,(H,29,31). The van der Waals surface area contributed by atoms with Gasteiger partial charge < -0.3 is 19.6 Å². The van der Waals surface area contributed by atoms with E-state index in [9.17, 15) is 23.1 Å². The van der Waals surface area contributed by atoms with Crippen molar-refractivity contribution in [2.45, 2.75) is 6.18 Å². The summed E-state index contributed by atoms with van der Waals surface area (Å²) in [6.45, 7) is 0. The van der Waals surface area contributed by atoms with Crippen molar-refractivity contribution in [2.75, 3.05) is 14.2 Å².